The van der Waals surface area contributed by atoms with Gasteiger partial charge in [-0.1, -0.05) is 22.5 Å². The monoisotopic (exact) mass is 237 g/mol. The lowest BCUT2D eigenvalue weighted by Crippen LogP contribution is -1.88. The van der Waals surface area contributed by atoms with Crippen molar-refractivity contribution in [2.45, 2.75) is 0 Å². The van der Waals surface area contributed by atoms with Crippen LogP contribution in [-0.2, 0) is 0 Å². The molecule has 0 saturated heterocycles. The fourth-order valence-corrected chi connectivity index (χ4v) is 1.36. The molecule has 0 spiro atoms. The molecule has 0 aliphatic carbocycles. The summed E-state index contributed by atoms with van der Waals surface area (Å²) in [7, 11) is 0. The smallest absolute Gasteiger partial charge is 0.155 e. The minimum absolute atomic E-state index is 0.733. The number of nitrogens with zero attached hydrogens (tertiary/aromatic N) is 3. The van der Waals surface area contributed by atoms with Crippen LogP contribution in [0.5, 0.6) is 0 Å². The van der Waals surface area contributed by atoms with Crippen molar-refractivity contribution in [1.82, 2.24) is 14.6 Å². The topological polar surface area (TPSA) is 30.2 Å². The summed E-state index contributed by atoms with van der Waals surface area (Å²) in [5.41, 5.74) is 2.70. The molecule has 66 valence electrons. The number of alkyl halides is 1. The second kappa shape index (κ2) is 3.30. The molecule has 3 nitrogen and oxygen atoms in total. The van der Waals surface area contributed by atoms with Gasteiger partial charge in [0.2, 0.25) is 0 Å². The first-order valence-electron chi connectivity index (χ1n) is 3.86. The Morgan fingerprint density at radius 1 is 1.62 bits per heavy atom. The van der Waals surface area contributed by atoms with Gasteiger partial charge in [0, 0.05) is 23.8 Å². The van der Waals surface area contributed by atoms with Crippen LogP contribution in [0.25, 0.3) is 11.2 Å². The molecule has 2 rings (SSSR count). The molecule has 0 bridgehead atoms. The number of aromatic nitrogens is 3. The van der Waals surface area contributed by atoms with Crippen molar-refractivity contribution in [2.24, 2.45) is 0 Å². The average Bonchev–Trinajstić information content (AvgIpc) is 2.59. The van der Waals surface area contributed by atoms with E-state index in [1.165, 1.54) is 0 Å². The van der Waals surface area contributed by atoms with Crippen LogP contribution in [0.4, 0.5) is 0 Å². The highest BCUT2D eigenvalue weighted by Crippen LogP contribution is 2.13. The van der Waals surface area contributed by atoms with Gasteiger partial charge in [0.25, 0.3) is 0 Å². The molecule has 0 unspecified atom stereocenters. The van der Waals surface area contributed by atoms with Crippen LogP contribution in [0.15, 0.2) is 31.1 Å². The standard InChI is InChI=1S/C9H8BrN3/c1-7(6-10)8-5-9-11-3-2-4-13(9)12-8/h2-5H,1,6H2. The molecule has 2 aromatic rings. The third-order valence-electron chi connectivity index (χ3n) is 1.76. The third-order valence-corrected chi connectivity index (χ3v) is 2.44. The Morgan fingerprint density at radius 2 is 2.46 bits per heavy atom. The van der Waals surface area contributed by atoms with Gasteiger partial charge in [0.05, 0.1) is 5.69 Å². The Morgan fingerprint density at radius 3 is 3.15 bits per heavy atom. The highest BCUT2D eigenvalue weighted by Gasteiger charge is 2.03. The van der Waals surface area contributed by atoms with Gasteiger partial charge in [-0.25, -0.2) is 9.50 Å². The van der Waals surface area contributed by atoms with E-state index in [1.807, 2.05) is 18.3 Å². The Labute approximate surface area is 84.2 Å². The first kappa shape index (κ1) is 8.44. The first-order chi connectivity index (χ1) is 6.31. The lowest BCUT2D eigenvalue weighted by molar-refractivity contribution is 0.930. The second-order valence-corrected chi connectivity index (χ2v) is 3.25. The predicted octanol–water partition coefficient (Wildman–Crippen LogP) is 2.14. The van der Waals surface area contributed by atoms with Crippen molar-refractivity contribution in [2.75, 3.05) is 5.33 Å². The fraction of sp³-hybridized carbons (Fsp3) is 0.111. The molecule has 0 N–H and O–H groups in total. The van der Waals surface area contributed by atoms with Gasteiger partial charge in [0.15, 0.2) is 5.65 Å². The van der Waals surface area contributed by atoms with Gasteiger partial charge in [-0.2, -0.15) is 5.10 Å². The van der Waals surface area contributed by atoms with Crippen molar-refractivity contribution in [1.29, 1.82) is 0 Å². The van der Waals surface area contributed by atoms with Gasteiger partial charge in [-0.05, 0) is 11.6 Å². The molecule has 2 heterocycles. The van der Waals surface area contributed by atoms with Crippen molar-refractivity contribution in [3.05, 3.63) is 36.8 Å². The summed E-state index contributed by atoms with van der Waals surface area (Å²) < 4.78 is 1.74. The quantitative estimate of drug-likeness (QED) is 0.750. The summed E-state index contributed by atoms with van der Waals surface area (Å²) in [4.78, 5) is 4.16. The molecule has 4 heteroatoms. The molecule has 2 aromatic heterocycles. The average molecular weight is 238 g/mol. The summed E-state index contributed by atoms with van der Waals surface area (Å²) in [6.07, 6.45) is 3.62. The summed E-state index contributed by atoms with van der Waals surface area (Å²) in [5, 5.41) is 5.04. The van der Waals surface area contributed by atoms with Gasteiger partial charge in [0.1, 0.15) is 0 Å². The van der Waals surface area contributed by atoms with Crippen LogP contribution in [0, 0.1) is 0 Å². The molecule has 0 aromatic carbocycles. The zero-order valence-corrected chi connectivity index (χ0v) is 8.53. The second-order valence-electron chi connectivity index (χ2n) is 2.69. The summed E-state index contributed by atoms with van der Waals surface area (Å²) in [5.74, 6) is 0. The number of hydrogen-bond donors (Lipinski definition) is 0. The van der Waals surface area contributed by atoms with E-state index in [9.17, 15) is 0 Å². The lowest BCUT2D eigenvalue weighted by atomic mass is 10.2. The van der Waals surface area contributed by atoms with Crippen LogP contribution >= 0.6 is 15.9 Å². The van der Waals surface area contributed by atoms with Crippen LogP contribution in [0.2, 0.25) is 0 Å². The molecule has 13 heavy (non-hydrogen) atoms. The summed E-state index contributed by atoms with van der Waals surface area (Å²) in [6, 6.07) is 3.77. The number of fused-ring (bicyclic) bond motifs is 1. The van der Waals surface area contributed by atoms with Gasteiger partial charge in [-0.3, -0.25) is 0 Å². The Balaban J connectivity index is 2.56. The van der Waals surface area contributed by atoms with E-state index in [0.29, 0.717) is 0 Å². The van der Waals surface area contributed by atoms with E-state index in [2.05, 4.69) is 32.6 Å². The molecule has 0 aliphatic heterocycles. The van der Waals surface area contributed by atoms with E-state index in [4.69, 9.17) is 0 Å². The minimum Gasteiger partial charge on any atom is -0.237 e. The maximum Gasteiger partial charge on any atom is 0.155 e. The lowest BCUT2D eigenvalue weighted by Gasteiger charge is -1.91. The SMILES string of the molecule is C=C(CBr)c1cc2ncccn2n1. The molecular weight excluding hydrogens is 230 g/mol. The Kier molecular flexibility index (Phi) is 2.14. The van der Waals surface area contributed by atoms with E-state index < -0.39 is 0 Å². The maximum absolute atomic E-state index is 4.31. The largest absolute Gasteiger partial charge is 0.237 e. The van der Waals surface area contributed by atoms with Crippen molar-refractivity contribution in [3.63, 3.8) is 0 Å². The van der Waals surface area contributed by atoms with E-state index in [1.54, 1.807) is 10.7 Å². The molecule has 0 aliphatic rings. The summed E-state index contributed by atoms with van der Waals surface area (Å²) in [6.45, 7) is 3.89. The molecule has 0 amide bonds. The minimum atomic E-state index is 0.733. The fourth-order valence-electron chi connectivity index (χ4n) is 1.07. The van der Waals surface area contributed by atoms with Crippen LogP contribution in [0.1, 0.15) is 5.69 Å². The molecule has 0 radical (unpaired) electrons. The maximum atomic E-state index is 4.31. The molecule has 0 atom stereocenters. The third kappa shape index (κ3) is 1.49. The first-order valence-corrected chi connectivity index (χ1v) is 4.98. The molecule has 0 saturated carbocycles. The van der Waals surface area contributed by atoms with Crippen molar-refractivity contribution in [3.8, 4) is 0 Å². The number of allylic oxidation sites excluding steroid dienone is 1. The molecular formula is C9H8BrN3. The van der Waals surface area contributed by atoms with Crippen molar-refractivity contribution < 1.29 is 0 Å². The number of hydrogen-bond acceptors (Lipinski definition) is 2. The zero-order valence-electron chi connectivity index (χ0n) is 6.94. The van der Waals surface area contributed by atoms with Crippen LogP contribution in [-0.4, -0.2) is 19.9 Å². The van der Waals surface area contributed by atoms with Crippen molar-refractivity contribution >= 4 is 27.2 Å². The van der Waals surface area contributed by atoms with Gasteiger partial charge < -0.3 is 0 Å². The Hall–Kier alpha value is -1.16. The van der Waals surface area contributed by atoms with E-state index in [0.717, 1.165) is 22.2 Å². The highest BCUT2D eigenvalue weighted by atomic mass is 79.9. The normalized spacial score (nSPS) is 10.5. The van der Waals surface area contributed by atoms with E-state index in [-0.39, 0.29) is 0 Å². The van der Waals surface area contributed by atoms with Crippen LogP contribution in [0.3, 0.4) is 0 Å². The summed E-state index contributed by atoms with van der Waals surface area (Å²) >= 11 is 3.34. The van der Waals surface area contributed by atoms with Gasteiger partial charge in [-0.15, -0.1) is 0 Å². The number of rotatable bonds is 2. The zero-order chi connectivity index (χ0) is 9.26. The van der Waals surface area contributed by atoms with Gasteiger partial charge >= 0.3 is 0 Å². The van der Waals surface area contributed by atoms with E-state index >= 15 is 0 Å². The Bertz CT molecular complexity index is 414. The molecule has 0 fully saturated rings. The number of halogens is 1. The predicted molar refractivity (Wildman–Crippen MR) is 55.8 cm³/mol. The van der Waals surface area contributed by atoms with Crippen LogP contribution < -0.4 is 0 Å². The highest BCUT2D eigenvalue weighted by molar-refractivity contribution is 9.09.